The number of imidazole rings is 1. The molecular formula is C22H22FN7. The molecule has 1 fully saturated rings. The van der Waals surface area contributed by atoms with E-state index in [9.17, 15) is 4.39 Å². The Kier molecular flexibility index (Phi) is 4.84. The molecule has 1 aliphatic rings. The topological polar surface area (TPSA) is 94.0 Å². The van der Waals surface area contributed by atoms with Gasteiger partial charge in [-0.15, -0.1) is 0 Å². The third kappa shape index (κ3) is 3.61. The molecule has 0 aromatic carbocycles. The van der Waals surface area contributed by atoms with Crippen molar-refractivity contribution in [2.75, 3.05) is 5.32 Å². The number of hydrogen-bond donors (Lipinski definition) is 2. The van der Waals surface area contributed by atoms with Crippen LogP contribution in [-0.2, 0) is 0 Å². The number of nitrogens with one attached hydrogen (secondary N) is 1. The fraction of sp³-hybridized carbons (Fsp3) is 0.273. The Balaban J connectivity index is 1.50. The van der Waals surface area contributed by atoms with Crippen molar-refractivity contribution in [2.24, 2.45) is 5.73 Å². The van der Waals surface area contributed by atoms with Crippen molar-refractivity contribution >= 4 is 11.6 Å². The van der Waals surface area contributed by atoms with Crippen molar-refractivity contribution < 1.29 is 4.39 Å². The van der Waals surface area contributed by atoms with Crippen LogP contribution in [0.1, 0.15) is 25.7 Å². The number of hydrogen-bond acceptors (Lipinski definition) is 6. The van der Waals surface area contributed by atoms with Gasteiger partial charge in [0.2, 0.25) is 5.95 Å². The highest BCUT2D eigenvalue weighted by Crippen LogP contribution is 2.27. The van der Waals surface area contributed by atoms with Crippen molar-refractivity contribution in [1.29, 1.82) is 0 Å². The van der Waals surface area contributed by atoms with Gasteiger partial charge in [0.1, 0.15) is 11.3 Å². The van der Waals surface area contributed by atoms with Crippen LogP contribution < -0.4 is 11.1 Å². The van der Waals surface area contributed by atoms with Crippen LogP contribution in [-0.4, -0.2) is 36.4 Å². The smallest absolute Gasteiger partial charge is 0.223 e. The first kappa shape index (κ1) is 18.6. The predicted octanol–water partition coefficient (Wildman–Crippen LogP) is 3.67. The zero-order valence-corrected chi connectivity index (χ0v) is 16.4. The molecule has 0 aliphatic heterocycles. The summed E-state index contributed by atoms with van der Waals surface area (Å²) in [5.41, 5.74) is 9.42. The second-order valence-corrected chi connectivity index (χ2v) is 7.68. The molecule has 152 valence electrons. The number of halogens is 1. The molecule has 4 aromatic heterocycles. The summed E-state index contributed by atoms with van der Waals surface area (Å²) in [6.45, 7) is 0. The Hall–Kier alpha value is -3.39. The largest absolute Gasteiger partial charge is 0.351 e. The highest BCUT2D eigenvalue weighted by atomic mass is 19.1. The van der Waals surface area contributed by atoms with E-state index >= 15 is 0 Å². The Bertz CT molecular complexity index is 1170. The average molecular weight is 403 g/mol. The number of pyridine rings is 2. The van der Waals surface area contributed by atoms with Crippen molar-refractivity contribution in [3.05, 3.63) is 61.1 Å². The summed E-state index contributed by atoms with van der Waals surface area (Å²) in [6, 6.07) is 8.25. The first-order valence-corrected chi connectivity index (χ1v) is 10.1. The molecule has 5 rings (SSSR count). The number of fused-ring (bicyclic) bond motifs is 1. The molecule has 4 heterocycles. The highest BCUT2D eigenvalue weighted by Gasteiger charge is 2.20. The summed E-state index contributed by atoms with van der Waals surface area (Å²) in [5, 5.41) is 3.33. The molecule has 0 spiro atoms. The lowest BCUT2D eigenvalue weighted by Crippen LogP contribution is -2.33. The second-order valence-electron chi connectivity index (χ2n) is 7.68. The number of aromatic nitrogens is 5. The molecule has 7 nitrogen and oxygen atoms in total. The summed E-state index contributed by atoms with van der Waals surface area (Å²) in [5.74, 6) is -0.0648. The second kappa shape index (κ2) is 7.79. The summed E-state index contributed by atoms with van der Waals surface area (Å²) in [7, 11) is 0. The Labute approximate surface area is 173 Å². The number of rotatable bonds is 4. The fourth-order valence-electron chi connectivity index (χ4n) is 3.92. The zero-order chi connectivity index (χ0) is 20.5. The minimum Gasteiger partial charge on any atom is -0.351 e. The van der Waals surface area contributed by atoms with Gasteiger partial charge in [-0.05, 0) is 43.9 Å². The molecule has 0 bridgehead atoms. The Morgan fingerprint density at radius 2 is 1.87 bits per heavy atom. The Morgan fingerprint density at radius 1 is 1.00 bits per heavy atom. The van der Waals surface area contributed by atoms with Crippen LogP contribution in [0.15, 0.2) is 55.2 Å². The van der Waals surface area contributed by atoms with E-state index in [2.05, 4.69) is 25.3 Å². The maximum absolute atomic E-state index is 14.7. The van der Waals surface area contributed by atoms with E-state index in [1.54, 1.807) is 18.6 Å². The van der Waals surface area contributed by atoms with Gasteiger partial charge in [-0.25, -0.2) is 19.3 Å². The van der Waals surface area contributed by atoms with Crippen LogP contribution in [0.5, 0.6) is 0 Å². The van der Waals surface area contributed by atoms with Gasteiger partial charge < -0.3 is 11.1 Å². The minimum atomic E-state index is -0.486. The average Bonchev–Trinajstić information content (AvgIpc) is 3.20. The molecule has 1 aliphatic carbocycles. The van der Waals surface area contributed by atoms with Gasteiger partial charge in [-0.3, -0.25) is 9.38 Å². The van der Waals surface area contributed by atoms with Gasteiger partial charge in [-0.1, -0.05) is 6.07 Å². The van der Waals surface area contributed by atoms with Crippen molar-refractivity contribution in [3.8, 4) is 22.5 Å². The summed E-state index contributed by atoms with van der Waals surface area (Å²) in [6.07, 6.45) is 12.2. The third-order valence-corrected chi connectivity index (χ3v) is 5.59. The molecule has 0 unspecified atom stereocenters. The van der Waals surface area contributed by atoms with Crippen molar-refractivity contribution in [2.45, 2.75) is 37.8 Å². The van der Waals surface area contributed by atoms with E-state index in [0.717, 1.165) is 36.8 Å². The van der Waals surface area contributed by atoms with E-state index in [0.29, 0.717) is 17.3 Å². The first-order valence-electron chi connectivity index (χ1n) is 10.1. The quantitative estimate of drug-likeness (QED) is 0.540. The van der Waals surface area contributed by atoms with Gasteiger partial charge >= 0.3 is 0 Å². The third-order valence-electron chi connectivity index (χ3n) is 5.59. The van der Waals surface area contributed by atoms with E-state index in [1.807, 2.05) is 34.9 Å². The molecule has 30 heavy (non-hydrogen) atoms. The van der Waals surface area contributed by atoms with Crippen LogP contribution in [0, 0.1) is 5.82 Å². The van der Waals surface area contributed by atoms with Crippen molar-refractivity contribution in [3.63, 3.8) is 0 Å². The zero-order valence-electron chi connectivity index (χ0n) is 16.4. The summed E-state index contributed by atoms with van der Waals surface area (Å²) in [4.78, 5) is 17.2. The Morgan fingerprint density at radius 3 is 2.67 bits per heavy atom. The van der Waals surface area contributed by atoms with Gasteiger partial charge in [-0.2, -0.15) is 0 Å². The van der Waals surface area contributed by atoms with E-state index in [-0.39, 0.29) is 17.8 Å². The normalized spacial score (nSPS) is 19.1. The van der Waals surface area contributed by atoms with E-state index in [4.69, 9.17) is 5.73 Å². The predicted molar refractivity (Wildman–Crippen MR) is 113 cm³/mol. The number of anilines is 1. The summed E-state index contributed by atoms with van der Waals surface area (Å²) >= 11 is 0. The van der Waals surface area contributed by atoms with Crippen LogP contribution >= 0.6 is 0 Å². The first-order chi connectivity index (χ1) is 14.7. The molecule has 4 aromatic rings. The van der Waals surface area contributed by atoms with Crippen molar-refractivity contribution in [1.82, 2.24) is 24.3 Å². The van der Waals surface area contributed by atoms with Crippen LogP contribution in [0.25, 0.3) is 28.2 Å². The van der Waals surface area contributed by atoms with Crippen LogP contribution in [0.2, 0.25) is 0 Å². The number of nitrogens with two attached hydrogens (primary N) is 1. The molecule has 0 amide bonds. The van der Waals surface area contributed by atoms with Gasteiger partial charge in [0.25, 0.3) is 0 Å². The van der Waals surface area contributed by atoms with Crippen LogP contribution in [0.4, 0.5) is 10.3 Å². The lowest BCUT2D eigenvalue weighted by atomic mass is 9.92. The lowest BCUT2D eigenvalue weighted by Gasteiger charge is -2.26. The SMILES string of the molecule is N[C@H]1CC[C@H](Nc2ncc(F)c(-c3cnc4ccc(-c5cccnc5)cn34)n2)CC1. The van der Waals surface area contributed by atoms with E-state index < -0.39 is 5.82 Å². The van der Waals surface area contributed by atoms with Crippen LogP contribution in [0.3, 0.4) is 0 Å². The summed E-state index contributed by atoms with van der Waals surface area (Å²) < 4.78 is 16.5. The molecule has 0 radical (unpaired) electrons. The highest BCUT2D eigenvalue weighted by molar-refractivity contribution is 5.67. The van der Waals surface area contributed by atoms with Gasteiger partial charge in [0.05, 0.1) is 18.1 Å². The fourth-order valence-corrected chi connectivity index (χ4v) is 3.92. The molecule has 0 saturated heterocycles. The standard InChI is InChI=1S/C22H22FN7/c23-18-11-27-22(28-17-6-4-16(24)5-7-17)29-21(18)19-12-26-20-8-3-15(13-30(19)20)14-2-1-9-25-10-14/h1-3,8-13,16-17H,4-7,24H2,(H,27,28,29)/t16-,17-. The lowest BCUT2D eigenvalue weighted by molar-refractivity contribution is 0.409. The molecule has 1 saturated carbocycles. The molecule has 0 atom stereocenters. The van der Waals surface area contributed by atoms with Gasteiger partial charge in [0.15, 0.2) is 5.82 Å². The van der Waals surface area contributed by atoms with Gasteiger partial charge in [0, 0.05) is 41.8 Å². The maximum atomic E-state index is 14.7. The maximum Gasteiger partial charge on any atom is 0.223 e. The van der Waals surface area contributed by atoms with E-state index in [1.165, 1.54) is 6.20 Å². The molecule has 8 heteroatoms. The molecule has 3 N–H and O–H groups in total. The molecular weight excluding hydrogens is 381 g/mol. The monoisotopic (exact) mass is 403 g/mol. The minimum absolute atomic E-state index is 0.218. The number of nitrogens with zero attached hydrogens (tertiary/aromatic N) is 5.